The number of aliphatic carboxylic acids is 1. The molecule has 0 aliphatic rings. The summed E-state index contributed by atoms with van der Waals surface area (Å²) >= 11 is 12.9. The van der Waals surface area contributed by atoms with E-state index < -0.39 is 5.97 Å². The van der Waals surface area contributed by atoms with E-state index in [0.717, 1.165) is 17.3 Å². The van der Waals surface area contributed by atoms with E-state index in [4.69, 9.17) is 27.6 Å². The van der Waals surface area contributed by atoms with Gasteiger partial charge in [-0.25, -0.2) is 9.78 Å². The Hall–Kier alpha value is -2.22. The molecule has 2 heterocycles. The number of benzene rings is 1. The summed E-state index contributed by atoms with van der Waals surface area (Å²) in [6.45, 7) is 1.93. The molecule has 3 rings (SSSR count). The molecule has 26 heavy (non-hydrogen) atoms. The number of halogens is 2. The molecule has 0 saturated heterocycles. The second kappa shape index (κ2) is 7.99. The maximum Gasteiger partial charge on any atom is 0.342 e. The zero-order valence-electron chi connectivity index (χ0n) is 13.5. The number of H-pyrrole nitrogens is 1. The lowest BCUT2D eigenvalue weighted by Gasteiger charge is -2.00. The Morgan fingerprint density at radius 3 is 2.77 bits per heavy atom. The number of aromatic amines is 1. The van der Waals surface area contributed by atoms with Gasteiger partial charge in [-0.05, 0) is 42.1 Å². The average molecular weight is 410 g/mol. The monoisotopic (exact) mass is 409 g/mol. The molecule has 0 spiro atoms. The fourth-order valence-electron chi connectivity index (χ4n) is 2.08. The third kappa shape index (κ3) is 4.30. The van der Waals surface area contributed by atoms with Crippen LogP contribution in [-0.2, 0) is 11.2 Å². The Balaban J connectivity index is 1.85. The van der Waals surface area contributed by atoms with Gasteiger partial charge in [0, 0.05) is 18.1 Å². The minimum atomic E-state index is -1.09. The van der Waals surface area contributed by atoms with Gasteiger partial charge >= 0.3 is 5.97 Å². The van der Waals surface area contributed by atoms with Gasteiger partial charge in [0.05, 0.1) is 10.0 Å². The number of hydrogen-bond donors (Lipinski definition) is 2. The van der Waals surface area contributed by atoms with E-state index in [1.54, 1.807) is 30.3 Å². The summed E-state index contributed by atoms with van der Waals surface area (Å²) < 4.78 is 5.71. The third-order valence-corrected chi connectivity index (χ3v) is 4.98. The second-order valence-electron chi connectivity index (χ2n) is 5.16. The van der Waals surface area contributed by atoms with Crippen LogP contribution in [-0.4, -0.2) is 26.3 Å². The number of aromatic nitrogens is 3. The fourth-order valence-corrected chi connectivity index (χ4v) is 3.08. The number of furan rings is 1. The molecule has 0 aliphatic carbocycles. The first-order valence-corrected chi connectivity index (χ1v) is 9.13. The van der Waals surface area contributed by atoms with Crippen molar-refractivity contribution in [2.45, 2.75) is 18.5 Å². The van der Waals surface area contributed by atoms with Crippen LogP contribution in [0.4, 0.5) is 0 Å². The fraction of sp³-hybridized carbons (Fsp3) is 0.118. The van der Waals surface area contributed by atoms with Gasteiger partial charge < -0.3 is 9.52 Å². The molecule has 3 aromatic rings. The van der Waals surface area contributed by atoms with E-state index in [1.165, 1.54) is 6.08 Å². The number of carbonyl (C=O) groups is 1. The number of nitrogens with one attached hydrogen (secondary N) is 1. The Bertz CT molecular complexity index is 981. The summed E-state index contributed by atoms with van der Waals surface area (Å²) in [7, 11) is 0. The lowest BCUT2D eigenvalue weighted by Crippen LogP contribution is -1.97. The highest BCUT2D eigenvalue weighted by Gasteiger charge is 2.15. The zero-order valence-corrected chi connectivity index (χ0v) is 15.8. The van der Waals surface area contributed by atoms with Crippen LogP contribution in [0.2, 0.25) is 10.0 Å². The van der Waals surface area contributed by atoms with Crippen molar-refractivity contribution in [1.29, 1.82) is 0 Å². The first kappa shape index (κ1) is 18.6. The maximum absolute atomic E-state index is 11.5. The minimum absolute atomic E-state index is 0.0432. The predicted octanol–water partition coefficient (Wildman–Crippen LogP) is 5.15. The van der Waals surface area contributed by atoms with E-state index >= 15 is 0 Å². The molecule has 0 radical (unpaired) electrons. The summed E-state index contributed by atoms with van der Waals surface area (Å²) in [6.07, 6.45) is 2.11. The highest BCUT2D eigenvalue weighted by Crippen LogP contribution is 2.31. The normalized spacial score (nSPS) is 11.7. The van der Waals surface area contributed by atoms with Gasteiger partial charge in [-0.3, -0.25) is 5.10 Å². The number of carboxylic acid groups (broad SMARTS) is 1. The molecular weight excluding hydrogens is 397 g/mol. The predicted molar refractivity (Wildman–Crippen MR) is 101 cm³/mol. The number of nitrogens with zero attached hydrogens (tertiary/aromatic N) is 2. The van der Waals surface area contributed by atoms with Crippen LogP contribution < -0.4 is 0 Å². The third-order valence-electron chi connectivity index (χ3n) is 3.36. The van der Waals surface area contributed by atoms with Gasteiger partial charge in [-0.15, -0.1) is 5.10 Å². The van der Waals surface area contributed by atoms with E-state index in [2.05, 4.69) is 15.2 Å². The van der Waals surface area contributed by atoms with Crippen LogP contribution in [0.3, 0.4) is 0 Å². The van der Waals surface area contributed by atoms with E-state index in [9.17, 15) is 9.90 Å². The molecule has 6 nitrogen and oxygen atoms in total. The first-order chi connectivity index (χ1) is 12.5. The standard InChI is InChI=1S/C17H13Cl2N3O3S/c1-2-15-20-17(22-21-15)26-14(16(23)24)8-10-4-6-13(25-10)9-3-5-11(18)12(19)7-9/h3-8H,2H2,1H3,(H,23,24)(H,20,21,22)/b14-8-. The van der Waals surface area contributed by atoms with Gasteiger partial charge in [0.25, 0.3) is 0 Å². The minimum Gasteiger partial charge on any atom is -0.477 e. The molecule has 0 amide bonds. The van der Waals surface area contributed by atoms with E-state index in [-0.39, 0.29) is 4.91 Å². The van der Waals surface area contributed by atoms with Crippen LogP contribution in [0.15, 0.2) is 44.8 Å². The largest absolute Gasteiger partial charge is 0.477 e. The molecule has 2 N–H and O–H groups in total. The Morgan fingerprint density at radius 1 is 1.31 bits per heavy atom. The van der Waals surface area contributed by atoms with Gasteiger partial charge in [-0.2, -0.15) is 0 Å². The van der Waals surface area contributed by atoms with Crippen LogP contribution in [0.5, 0.6) is 0 Å². The van der Waals surface area contributed by atoms with Crippen LogP contribution in [0, 0.1) is 0 Å². The molecule has 0 unspecified atom stereocenters. The molecular formula is C17H13Cl2N3O3S. The summed E-state index contributed by atoms with van der Waals surface area (Å²) in [5, 5.41) is 17.4. The smallest absolute Gasteiger partial charge is 0.342 e. The number of rotatable bonds is 6. The van der Waals surface area contributed by atoms with Crippen molar-refractivity contribution < 1.29 is 14.3 Å². The Labute approximate surface area is 163 Å². The number of hydrogen-bond acceptors (Lipinski definition) is 5. The molecule has 0 atom stereocenters. The zero-order chi connectivity index (χ0) is 18.7. The highest BCUT2D eigenvalue weighted by molar-refractivity contribution is 8.04. The SMILES string of the molecule is CCc1nc(S/C(=C\c2ccc(-c3ccc(Cl)c(Cl)c3)o2)C(=O)O)n[nH]1. The summed E-state index contributed by atoms with van der Waals surface area (Å²) in [5.74, 6) is 0.542. The van der Waals surface area contributed by atoms with Crippen molar-refractivity contribution in [2.75, 3.05) is 0 Å². The van der Waals surface area contributed by atoms with Gasteiger partial charge in [-0.1, -0.05) is 30.1 Å². The van der Waals surface area contributed by atoms with Crippen molar-refractivity contribution in [2.24, 2.45) is 0 Å². The van der Waals surface area contributed by atoms with E-state index in [1.807, 2.05) is 6.92 Å². The topological polar surface area (TPSA) is 92.0 Å². The Kier molecular flexibility index (Phi) is 5.70. The molecule has 0 bridgehead atoms. The number of aryl methyl sites for hydroxylation is 1. The van der Waals surface area contributed by atoms with Crippen molar-refractivity contribution in [1.82, 2.24) is 15.2 Å². The summed E-state index contributed by atoms with van der Waals surface area (Å²) in [5.41, 5.74) is 0.741. The van der Waals surface area contributed by atoms with Gasteiger partial charge in [0.1, 0.15) is 22.3 Å². The molecule has 134 valence electrons. The van der Waals surface area contributed by atoms with Crippen molar-refractivity contribution in [3.05, 3.63) is 56.9 Å². The quantitative estimate of drug-likeness (QED) is 0.431. The van der Waals surface area contributed by atoms with Crippen molar-refractivity contribution in [3.8, 4) is 11.3 Å². The van der Waals surface area contributed by atoms with Gasteiger partial charge in [0.15, 0.2) is 0 Å². The number of carboxylic acids is 1. The highest BCUT2D eigenvalue weighted by atomic mass is 35.5. The van der Waals surface area contributed by atoms with Crippen LogP contribution in [0.1, 0.15) is 18.5 Å². The summed E-state index contributed by atoms with van der Waals surface area (Å²) in [6, 6.07) is 8.54. The van der Waals surface area contributed by atoms with Crippen LogP contribution >= 0.6 is 35.0 Å². The maximum atomic E-state index is 11.5. The average Bonchev–Trinajstić information content (AvgIpc) is 3.26. The number of thioether (sulfide) groups is 1. The lowest BCUT2D eigenvalue weighted by molar-refractivity contribution is -0.131. The molecule has 1 aromatic carbocycles. The first-order valence-electron chi connectivity index (χ1n) is 7.55. The summed E-state index contributed by atoms with van der Waals surface area (Å²) in [4.78, 5) is 15.8. The van der Waals surface area contributed by atoms with Crippen molar-refractivity contribution in [3.63, 3.8) is 0 Å². The lowest BCUT2D eigenvalue weighted by atomic mass is 10.2. The Morgan fingerprint density at radius 2 is 2.12 bits per heavy atom. The molecule has 9 heteroatoms. The van der Waals surface area contributed by atoms with Gasteiger partial charge in [0.2, 0.25) is 5.16 Å². The molecule has 0 saturated carbocycles. The second-order valence-corrected chi connectivity index (χ2v) is 6.99. The molecule has 2 aromatic heterocycles. The van der Waals surface area contributed by atoms with Crippen LogP contribution in [0.25, 0.3) is 17.4 Å². The molecule has 0 fully saturated rings. The van der Waals surface area contributed by atoms with E-state index in [0.29, 0.717) is 39.0 Å². The van der Waals surface area contributed by atoms with Crippen molar-refractivity contribution >= 4 is 47.0 Å². The molecule has 0 aliphatic heterocycles.